The van der Waals surface area contributed by atoms with Crippen LogP contribution in [0.1, 0.15) is 20.8 Å². The van der Waals surface area contributed by atoms with Crippen molar-refractivity contribution in [1.29, 1.82) is 0 Å². The fourth-order valence-electron chi connectivity index (χ4n) is 1.09. The molecule has 0 aliphatic heterocycles. The normalized spacial score (nSPS) is 17.0. The fourth-order valence-corrected chi connectivity index (χ4v) is 1.09. The fraction of sp³-hybridized carbons (Fsp3) is 0.875. The van der Waals surface area contributed by atoms with E-state index < -0.39 is 29.8 Å². The monoisotopic (exact) mass is 228 g/mol. The molecular weight excluding hydrogens is 213 g/mol. The van der Waals surface area contributed by atoms with E-state index in [1.165, 1.54) is 20.8 Å². The molecule has 0 spiro atoms. The van der Waals surface area contributed by atoms with Crippen LogP contribution in [-0.4, -0.2) is 24.4 Å². The van der Waals surface area contributed by atoms with Gasteiger partial charge >= 0.3 is 12.3 Å². The summed E-state index contributed by atoms with van der Waals surface area (Å²) in [5.41, 5.74) is 8.72. The second kappa shape index (κ2) is 4.26. The molecule has 7 heteroatoms. The maximum Gasteiger partial charge on any atom is 0.407 e. The smallest absolute Gasteiger partial charge is 0.407 e. The van der Waals surface area contributed by atoms with Crippen molar-refractivity contribution in [2.45, 2.75) is 39.1 Å². The van der Waals surface area contributed by atoms with Gasteiger partial charge in [0.1, 0.15) is 12.1 Å². The Morgan fingerprint density at radius 1 is 1.27 bits per heavy atom. The molecule has 0 heterocycles. The first-order valence-electron chi connectivity index (χ1n) is 4.24. The topological polar surface area (TPSA) is 78.3 Å². The maximum atomic E-state index is 12.3. The van der Waals surface area contributed by atoms with Crippen LogP contribution in [0.5, 0.6) is 0 Å². The molecule has 0 aromatic heterocycles. The Bertz CT molecular complexity index is 235. The zero-order valence-corrected chi connectivity index (χ0v) is 8.76. The minimum atomic E-state index is -4.63. The molecule has 0 saturated heterocycles. The lowest BCUT2D eigenvalue weighted by molar-refractivity contribution is -0.180. The number of halogens is 3. The van der Waals surface area contributed by atoms with E-state index in [1.807, 2.05) is 0 Å². The molecule has 2 atom stereocenters. The van der Waals surface area contributed by atoms with Crippen LogP contribution in [0.2, 0.25) is 0 Å². The Morgan fingerprint density at radius 3 is 1.87 bits per heavy atom. The van der Waals surface area contributed by atoms with Crippen molar-refractivity contribution in [3.8, 4) is 0 Å². The van der Waals surface area contributed by atoms with Gasteiger partial charge in [0.25, 0.3) is 0 Å². The molecule has 4 nitrogen and oxygen atoms in total. The lowest BCUT2D eigenvalue weighted by Crippen LogP contribution is -2.54. The molecule has 15 heavy (non-hydrogen) atoms. The number of primary amides is 1. The molecule has 0 aromatic carbocycles. The highest BCUT2D eigenvalue weighted by atomic mass is 19.4. The minimum Gasteiger partial charge on any atom is -0.444 e. The van der Waals surface area contributed by atoms with Gasteiger partial charge in [0, 0.05) is 5.41 Å². The molecule has 2 unspecified atom stereocenters. The Morgan fingerprint density at radius 2 is 1.67 bits per heavy atom. The number of ether oxygens (including phenoxy) is 1. The lowest BCUT2D eigenvalue weighted by Gasteiger charge is -2.34. The van der Waals surface area contributed by atoms with E-state index in [4.69, 9.17) is 5.73 Å². The Labute approximate surface area is 85.7 Å². The van der Waals surface area contributed by atoms with Gasteiger partial charge in [-0.15, -0.1) is 0 Å². The molecule has 0 aromatic rings. The summed E-state index contributed by atoms with van der Waals surface area (Å²) in [5.74, 6) is 0. The summed E-state index contributed by atoms with van der Waals surface area (Å²) in [6.07, 6.45) is -7.41. The predicted octanol–water partition coefficient (Wildman–Crippen LogP) is 1.39. The van der Waals surface area contributed by atoms with Gasteiger partial charge < -0.3 is 16.2 Å². The third kappa shape index (κ3) is 4.37. The highest BCUT2D eigenvalue weighted by Gasteiger charge is 2.48. The van der Waals surface area contributed by atoms with E-state index >= 15 is 0 Å². The van der Waals surface area contributed by atoms with Crippen LogP contribution in [0.25, 0.3) is 0 Å². The van der Waals surface area contributed by atoms with Gasteiger partial charge in [0.05, 0.1) is 0 Å². The van der Waals surface area contributed by atoms with Crippen LogP contribution in [0.15, 0.2) is 0 Å². The van der Waals surface area contributed by atoms with Crippen LogP contribution in [0.3, 0.4) is 0 Å². The molecule has 0 fully saturated rings. The molecule has 0 radical (unpaired) electrons. The van der Waals surface area contributed by atoms with Crippen LogP contribution in [0, 0.1) is 5.41 Å². The second-order valence-corrected chi connectivity index (χ2v) is 4.29. The van der Waals surface area contributed by atoms with Gasteiger partial charge in [0.15, 0.2) is 0 Å². The summed E-state index contributed by atoms with van der Waals surface area (Å²) in [6.45, 7) is 4.44. The molecule has 0 saturated carbocycles. The molecule has 0 aliphatic rings. The number of hydrogen-bond acceptors (Lipinski definition) is 3. The van der Waals surface area contributed by atoms with Crippen molar-refractivity contribution in [1.82, 2.24) is 0 Å². The van der Waals surface area contributed by atoms with Gasteiger partial charge in [0.2, 0.25) is 0 Å². The molecule has 1 amide bonds. The van der Waals surface area contributed by atoms with Gasteiger partial charge in [-0.05, 0) is 0 Å². The van der Waals surface area contributed by atoms with E-state index in [9.17, 15) is 18.0 Å². The quantitative estimate of drug-likeness (QED) is 0.749. The first-order chi connectivity index (χ1) is 6.46. The highest BCUT2D eigenvalue weighted by Crippen LogP contribution is 2.31. The third-order valence-electron chi connectivity index (χ3n) is 1.80. The SMILES string of the molecule is CC(C)(C)C(OC(N)=O)C(N)C(F)(F)F. The van der Waals surface area contributed by atoms with Crippen LogP contribution in [-0.2, 0) is 4.74 Å². The Kier molecular flexibility index (Phi) is 3.98. The summed E-state index contributed by atoms with van der Waals surface area (Å²) in [7, 11) is 0. The standard InChI is InChI=1S/C8H15F3N2O2/c1-7(2,3)5(15-6(13)14)4(12)8(9,10)11/h4-5H,12H2,1-3H3,(H2,13,14). The van der Waals surface area contributed by atoms with Crippen molar-refractivity contribution >= 4 is 6.09 Å². The predicted molar refractivity (Wildman–Crippen MR) is 47.9 cm³/mol. The average molecular weight is 228 g/mol. The Hall–Kier alpha value is -0.980. The zero-order valence-electron chi connectivity index (χ0n) is 8.76. The van der Waals surface area contributed by atoms with Crippen molar-refractivity contribution in [3.05, 3.63) is 0 Å². The van der Waals surface area contributed by atoms with Crippen LogP contribution < -0.4 is 11.5 Å². The first-order valence-corrected chi connectivity index (χ1v) is 4.24. The molecule has 4 N–H and O–H groups in total. The summed E-state index contributed by atoms with van der Waals surface area (Å²) in [6, 6.07) is -2.25. The van der Waals surface area contributed by atoms with E-state index in [1.54, 1.807) is 0 Å². The van der Waals surface area contributed by atoms with Crippen molar-refractivity contribution in [2.24, 2.45) is 16.9 Å². The number of amides is 1. The van der Waals surface area contributed by atoms with E-state index in [-0.39, 0.29) is 0 Å². The van der Waals surface area contributed by atoms with Gasteiger partial charge in [-0.25, -0.2) is 4.79 Å². The number of carbonyl (C=O) groups is 1. The van der Waals surface area contributed by atoms with Crippen molar-refractivity contribution in [2.75, 3.05) is 0 Å². The zero-order chi connectivity index (χ0) is 12.4. The molecule has 90 valence electrons. The van der Waals surface area contributed by atoms with Crippen molar-refractivity contribution in [3.63, 3.8) is 0 Å². The van der Waals surface area contributed by atoms with Gasteiger partial charge in [-0.1, -0.05) is 20.8 Å². The highest BCUT2D eigenvalue weighted by molar-refractivity contribution is 5.65. The summed E-state index contributed by atoms with van der Waals surface area (Å²) in [5, 5.41) is 0. The molecule has 0 rings (SSSR count). The third-order valence-corrected chi connectivity index (χ3v) is 1.80. The molecule has 0 bridgehead atoms. The maximum absolute atomic E-state index is 12.3. The number of alkyl halides is 3. The molecular formula is C8H15F3N2O2. The van der Waals surface area contributed by atoms with E-state index in [0.717, 1.165) is 0 Å². The van der Waals surface area contributed by atoms with Gasteiger partial charge in [-0.3, -0.25) is 0 Å². The largest absolute Gasteiger partial charge is 0.444 e. The lowest BCUT2D eigenvalue weighted by atomic mass is 9.84. The summed E-state index contributed by atoms with van der Waals surface area (Å²) < 4.78 is 41.4. The number of nitrogens with two attached hydrogens (primary N) is 2. The first kappa shape index (κ1) is 14.0. The van der Waals surface area contributed by atoms with Crippen LogP contribution in [0.4, 0.5) is 18.0 Å². The minimum absolute atomic E-state index is 0.941. The molecule has 0 aliphatic carbocycles. The average Bonchev–Trinajstić information content (AvgIpc) is 1.94. The number of hydrogen-bond donors (Lipinski definition) is 2. The second-order valence-electron chi connectivity index (χ2n) is 4.29. The summed E-state index contributed by atoms with van der Waals surface area (Å²) >= 11 is 0. The van der Waals surface area contributed by atoms with Gasteiger partial charge in [-0.2, -0.15) is 13.2 Å². The van der Waals surface area contributed by atoms with Crippen molar-refractivity contribution < 1.29 is 22.7 Å². The van der Waals surface area contributed by atoms with E-state index in [0.29, 0.717) is 0 Å². The number of rotatable bonds is 2. The van der Waals surface area contributed by atoms with Crippen LogP contribution >= 0.6 is 0 Å². The number of carbonyl (C=O) groups excluding carboxylic acids is 1. The Balaban J connectivity index is 4.87. The van der Waals surface area contributed by atoms with E-state index in [2.05, 4.69) is 10.5 Å². The summed E-state index contributed by atoms with van der Waals surface area (Å²) in [4.78, 5) is 10.5.